The number of hydrogen-bond donors (Lipinski definition) is 2. The third kappa shape index (κ3) is 8.72. The standard InChI is InChI=1S/C22H30N4O2.HI/c1-4-23-22(24-15-18-11-13-20(28-3)14-12-18)25-16-21(27)26(5-2)17-19-9-7-6-8-10-19;/h6-14H,4-5,15-17H2,1-3H3,(H2,23,24,25);1H. The lowest BCUT2D eigenvalue weighted by Crippen LogP contribution is -2.44. The number of aliphatic imine (C=N–C) groups is 1. The van der Waals surface area contributed by atoms with Crippen LogP contribution in [0.1, 0.15) is 25.0 Å². The maximum absolute atomic E-state index is 12.6. The van der Waals surface area contributed by atoms with Gasteiger partial charge in [0.2, 0.25) is 5.91 Å². The van der Waals surface area contributed by atoms with Crippen LogP contribution >= 0.6 is 24.0 Å². The number of nitrogens with zero attached hydrogens (tertiary/aromatic N) is 2. The van der Waals surface area contributed by atoms with Crippen molar-refractivity contribution in [1.29, 1.82) is 0 Å². The van der Waals surface area contributed by atoms with Crippen molar-refractivity contribution in [2.45, 2.75) is 26.9 Å². The Morgan fingerprint density at radius 2 is 1.69 bits per heavy atom. The molecule has 1 amide bonds. The van der Waals surface area contributed by atoms with Crippen molar-refractivity contribution in [3.8, 4) is 5.75 Å². The van der Waals surface area contributed by atoms with E-state index in [1.54, 1.807) is 7.11 Å². The molecule has 6 nitrogen and oxygen atoms in total. The topological polar surface area (TPSA) is 66.0 Å². The van der Waals surface area contributed by atoms with Gasteiger partial charge in [0, 0.05) is 19.6 Å². The van der Waals surface area contributed by atoms with Gasteiger partial charge < -0.3 is 20.3 Å². The molecule has 0 unspecified atom stereocenters. The summed E-state index contributed by atoms with van der Waals surface area (Å²) in [5.74, 6) is 1.49. The van der Waals surface area contributed by atoms with Crippen LogP contribution in [0.3, 0.4) is 0 Å². The summed E-state index contributed by atoms with van der Waals surface area (Å²) in [5, 5.41) is 6.32. The molecule has 7 heteroatoms. The van der Waals surface area contributed by atoms with E-state index in [1.807, 2.05) is 73.3 Å². The van der Waals surface area contributed by atoms with Crippen LogP contribution in [0.2, 0.25) is 0 Å². The number of hydrogen-bond acceptors (Lipinski definition) is 3. The number of nitrogens with one attached hydrogen (secondary N) is 2. The molecule has 0 saturated heterocycles. The lowest BCUT2D eigenvalue weighted by atomic mass is 10.2. The van der Waals surface area contributed by atoms with Crippen LogP contribution in [0, 0.1) is 0 Å². The molecule has 0 atom stereocenters. The van der Waals surface area contributed by atoms with Gasteiger partial charge in [-0.1, -0.05) is 42.5 Å². The van der Waals surface area contributed by atoms with E-state index in [4.69, 9.17) is 4.74 Å². The second-order valence-corrected chi connectivity index (χ2v) is 6.29. The fourth-order valence-electron chi connectivity index (χ4n) is 2.69. The molecule has 0 heterocycles. The molecule has 0 radical (unpaired) electrons. The Morgan fingerprint density at radius 3 is 2.28 bits per heavy atom. The molecule has 0 aliphatic rings. The molecule has 0 aliphatic heterocycles. The number of likely N-dealkylation sites (N-methyl/N-ethyl adjacent to an activating group) is 1. The zero-order valence-corrected chi connectivity index (χ0v) is 19.7. The van der Waals surface area contributed by atoms with Crippen molar-refractivity contribution in [2.24, 2.45) is 4.99 Å². The molecular formula is C22H31IN4O2. The van der Waals surface area contributed by atoms with Crippen LogP contribution in [0.4, 0.5) is 0 Å². The highest BCUT2D eigenvalue weighted by atomic mass is 127. The van der Waals surface area contributed by atoms with Crippen LogP contribution in [0.5, 0.6) is 5.75 Å². The van der Waals surface area contributed by atoms with Crippen LogP contribution < -0.4 is 15.4 Å². The minimum atomic E-state index is 0. The lowest BCUT2D eigenvalue weighted by molar-refractivity contribution is -0.130. The molecule has 0 aliphatic carbocycles. The maximum atomic E-state index is 12.6. The smallest absolute Gasteiger partial charge is 0.242 e. The Morgan fingerprint density at radius 1 is 1.00 bits per heavy atom. The van der Waals surface area contributed by atoms with Crippen molar-refractivity contribution in [3.05, 3.63) is 65.7 Å². The minimum absolute atomic E-state index is 0. The monoisotopic (exact) mass is 510 g/mol. The van der Waals surface area contributed by atoms with Crippen molar-refractivity contribution in [3.63, 3.8) is 0 Å². The first kappa shape index (κ1) is 24.7. The lowest BCUT2D eigenvalue weighted by Gasteiger charge is -2.22. The summed E-state index contributed by atoms with van der Waals surface area (Å²) in [5.41, 5.74) is 2.20. The van der Waals surface area contributed by atoms with Gasteiger partial charge in [-0.25, -0.2) is 4.99 Å². The SMILES string of the molecule is CCNC(=NCc1ccc(OC)cc1)NCC(=O)N(CC)Cc1ccccc1.I. The van der Waals surface area contributed by atoms with Gasteiger partial charge in [-0.3, -0.25) is 4.79 Å². The van der Waals surface area contributed by atoms with E-state index >= 15 is 0 Å². The zero-order valence-electron chi connectivity index (χ0n) is 17.4. The molecule has 2 rings (SSSR count). The number of amides is 1. The number of halogens is 1. The van der Waals surface area contributed by atoms with Gasteiger partial charge in [-0.2, -0.15) is 0 Å². The predicted octanol–water partition coefficient (Wildman–Crippen LogP) is 3.42. The molecule has 0 fully saturated rings. The summed E-state index contributed by atoms with van der Waals surface area (Å²) >= 11 is 0. The van der Waals surface area contributed by atoms with Crippen molar-refractivity contribution in [1.82, 2.24) is 15.5 Å². The van der Waals surface area contributed by atoms with E-state index < -0.39 is 0 Å². The number of guanidine groups is 1. The van der Waals surface area contributed by atoms with Crippen molar-refractivity contribution in [2.75, 3.05) is 26.7 Å². The fourth-order valence-corrected chi connectivity index (χ4v) is 2.69. The van der Waals surface area contributed by atoms with Crippen LogP contribution in [-0.2, 0) is 17.9 Å². The highest BCUT2D eigenvalue weighted by molar-refractivity contribution is 14.0. The Balaban J connectivity index is 0.00000420. The summed E-state index contributed by atoms with van der Waals surface area (Å²) in [6.45, 7) is 6.71. The Labute approximate surface area is 190 Å². The van der Waals surface area contributed by atoms with Gasteiger partial charge >= 0.3 is 0 Å². The summed E-state index contributed by atoms with van der Waals surface area (Å²) in [4.78, 5) is 19.0. The average molecular weight is 510 g/mol. The van der Waals surface area contributed by atoms with E-state index in [1.165, 1.54) is 0 Å². The second kappa shape index (κ2) is 13.8. The fraction of sp³-hybridized carbons (Fsp3) is 0.364. The Hall–Kier alpha value is -2.29. The molecule has 2 aromatic carbocycles. The van der Waals surface area contributed by atoms with E-state index in [9.17, 15) is 4.79 Å². The molecule has 2 N–H and O–H groups in total. The van der Waals surface area contributed by atoms with E-state index in [0.717, 1.165) is 23.4 Å². The number of carbonyl (C=O) groups is 1. The van der Waals surface area contributed by atoms with Gasteiger partial charge in [-0.15, -0.1) is 24.0 Å². The van der Waals surface area contributed by atoms with Crippen molar-refractivity contribution < 1.29 is 9.53 Å². The highest BCUT2D eigenvalue weighted by Crippen LogP contribution is 2.11. The van der Waals surface area contributed by atoms with Gasteiger partial charge in [0.25, 0.3) is 0 Å². The van der Waals surface area contributed by atoms with E-state index in [-0.39, 0.29) is 36.4 Å². The second-order valence-electron chi connectivity index (χ2n) is 6.29. The third-order valence-electron chi connectivity index (χ3n) is 4.28. The zero-order chi connectivity index (χ0) is 20.2. The van der Waals surface area contributed by atoms with Gasteiger partial charge in [0.15, 0.2) is 5.96 Å². The first-order chi connectivity index (χ1) is 13.7. The van der Waals surface area contributed by atoms with Gasteiger partial charge in [0.05, 0.1) is 20.2 Å². The first-order valence-corrected chi connectivity index (χ1v) is 9.63. The Kier molecular flexibility index (Phi) is 11.8. The minimum Gasteiger partial charge on any atom is -0.497 e. The number of ether oxygens (including phenoxy) is 1. The van der Waals surface area contributed by atoms with E-state index in [2.05, 4.69) is 15.6 Å². The first-order valence-electron chi connectivity index (χ1n) is 9.63. The molecule has 0 saturated carbocycles. The third-order valence-corrected chi connectivity index (χ3v) is 4.28. The Bertz CT molecular complexity index is 751. The van der Waals surface area contributed by atoms with Crippen LogP contribution in [0.15, 0.2) is 59.6 Å². The van der Waals surface area contributed by atoms with Crippen LogP contribution in [0.25, 0.3) is 0 Å². The summed E-state index contributed by atoms with van der Waals surface area (Å²) in [6, 6.07) is 17.8. The molecule has 29 heavy (non-hydrogen) atoms. The molecule has 158 valence electrons. The molecule has 2 aromatic rings. The molecule has 0 bridgehead atoms. The quantitative estimate of drug-likeness (QED) is 0.308. The number of benzene rings is 2. The average Bonchev–Trinajstić information content (AvgIpc) is 2.74. The van der Waals surface area contributed by atoms with Gasteiger partial charge in [0.1, 0.15) is 5.75 Å². The van der Waals surface area contributed by atoms with Crippen molar-refractivity contribution >= 4 is 35.8 Å². The summed E-state index contributed by atoms with van der Waals surface area (Å²) in [7, 11) is 1.65. The largest absolute Gasteiger partial charge is 0.497 e. The number of methoxy groups -OCH3 is 1. The number of rotatable bonds is 9. The highest BCUT2D eigenvalue weighted by Gasteiger charge is 2.12. The summed E-state index contributed by atoms with van der Waals surface area (Å²) in [6.07, 6.45) is 0. The normalized spacial score (nSPS) is 10.7. The van der Waals surface area contributed by atoms with Crippen LogP contribution in [-0.4, -0.2) is 43.5 Å². The number of carbonyl (C=O) groups excluding carboxylic acids is 1. The molecule has 0 aromatic heterocycles. The van der Waals surface area contributed by atoms with E-state index in [0.29, 0.717) is 25.6 Å². The molecular weight excluding hydrogens is 479 g/mol. The summed E-state index contributed by atoms with van der Waals surface area (Å²) < 4.78 is 5.17. The van der Waals surface area contributed by atoms with Gasteiger partial charge in [-0.05, 0) is 37.1 Å². The molecule has 0 spiro atoms. The maximum Gasteiger partial charge on any atom is 0.242 e. The predicted molar refractivity (Wildman–Crippen MR) is 129 cm³/mol.